The van der Waals surface area contributed by atoms with E-state index in [1.165, 1.54) is 10.4 Å². The molecule has 27 heavy (non-hydrogen) atoms. The highest BCUT2D eigenvalue weighted by Crippen LogP contribution is 2.29. The molecule has 0 aliphatic carbocycles. The molecule has 0 saturated carbocycles. The number of hydrogen-bond donors (Lipinski definition) is 1. The van der Waals surface area contributed by atoms with E-state index in [0.29, 0.717) is 5.56 Å². The van der Waals surface area contributed by atoms with Crippen molar-refractivity contribution in [3.8, 4) is 0 Å². The Morgan fingerprint density at radius 1 is 1.19 bits per heavy atom. The second-order valence-electron chi connectivity index (χ2n) is 8.20. The lowest BCUT2D eigenvalue weighted by Crippen LogP contribution is -2.48. The Labute approximate surface area is 168 Å². The van der Waals surface area contributed by atoms with Crippen molar-refractivity contribution in [3.05, 3.63) is 57.8 Å². The Balaban J connectivity index is 0.00000280. The molecule has 1 aromatic carbocycles. The number of carbonyl (C=O) groups is 1. The number of hydrogen-bond acceptors (Lipinski definition) is 4. The highest BCUT2D eigenvalue weighted by Gasteiger charge is 2.29. The van der Waals surface area contributed by atoms with Crippen molar-refractivity contribution in [1.29, 1.82) is 0 Å². The molecule has 1 fully saturated rings. The van der Waals surface area contributed by atoms with Gasteiger partial charge < -0.3 is 10.1 Å². The maximum Gasteiger partial charge on any atom is 0.251 e. The number of rotatable bonds is 5. The van der Waals surface area contributed by atoms with Crippen LogP contribution in [0.2, 0.25) is 0 Å². The summed E-state index contributed by atoms with van der Waals surface area (Å²) in [4.78, 5) is 16.5. The summed E-state index contributed by atoms with van der Waals surface area (Å²) in [6.45, 7) is 11.9. The van der Waals surface area contributed by atoms with E-state index in [1.54, 1.807) is 11.3 Å². The van der Waals surface area contributed by atoms with Gasteiger partial charge in [-0.1, -0.05) is 39.0 Å². The largest absolute Gasteiger partial charge is 0.379 e. The van der Waals surface area contributed by atoms with Crippen LogP contribution >= 0.6 is 11.3 Å². The Morgan fingerprint density at radius 3 is 2.41 bits per heavy atom. The summed E-state index contributed by atoms with van der Waals surface area (Å²) in [5.74, 6) is -0.0159. The van der Waals surface area contributed by atoms with Crippen LogP contribution in [0.25, 0.3) is 0 Å². The topological polar surface area (TPSA) is 41.6 Å². The number of carbonyl (C=O) groups excluding carboxylic acids is 1. The first kappa shape index (κ1) is 20.1. The fraction of sp³-hybridized carbons (Fsp3) is 0.500. The molecule has 2 aromatic rings. The third kappa shape index (κ3) is 4.98. The molecule has 2 unspecified atom stereocenters. The molecule has 0 spiro atoms. The van der Waals surface area contributed by atoms with Gasteiger partial charge in [-0.05, 0) is 41.5 Å². The molecule has 0 radical (unpaired) electrons. The predicted molar refractivity (Wildman–Crippen MR) is 114 cm³/mol. The van der Waals surface area contributed by atoms with Crippen LogP contribution in [0.4, 0.5) is 0 Å². The van der Waals surface area contributed by atoms with Crippen LogP contribution in [0.5, 0.6) is 0 Å². The molecule has 2 atom stereocenters. The SMILES string of the molecule is CC(NC(=O)c1ccc(C(C)(C)C)cc1)C(c1cccs1)N1CCOCC1.[HH]. The van der Waals surface area contributed by atoms with Crippen LogP contribution in [0.3, 0.4) is 0 Å². The van der Waals surface area contributed by atoms with Gasteiger partial charge in [-0.25, -0.2) is 0 Å². The van der Waals surface area contributed by atoms with Crippen LogP contribution in [0.15, 0.2) is 41.8 Å². The molecule has 1 saturated heterocycles. The van der Waals surface area contributed by atoms with Gasteiger partial charge in [-0.2, -0.15) is 0 Å². The number of morpholine rings is 1. The molecular formula is C22H32N2O2S. The molecule has 2 heterocycles. The van der Waals surface area contributed by atoms with E-state index < -0.39 is 0 Å². The Morgan fingerprint density at radius 2 is 1.85 bits per heavy atom. The third-order valence-electron chi connectivity index (χ3n) is 5.12. The lowest BCUT2D eigenvalue weighted by Gasteiger charge is -2.37. The van der Waals surface area contributed by atoms with Crippen molar-refractivity contribution >= 4 is 17.2 Å². The van der Waals surface area contributed by atoms with E-state index in [0.717, 1.165) is 26.3 Å². The monoisotopic (exact) mass is 388 g/mol. The maximum atomic E-state index is 12.8. The molecule has 1 N–H and O–H groups in total. The van der Waals surface area contributed by atoms with Gasteiger partial charge in [0.1, 0.15) is 0 Å². The third-order valence-corrected chi connectivity index (χ3v) is 6.06. The zero-order valence-electron chi connectivity index (χ0n) is 16.7. The second-order valence-corrected chi connectivity index (χ2v) is 9.18. The summed E-state index contributed by atoms with van der Waals surface area (Å²) in [5, 5.41) is 5.33. The van der Waals surface area contributed by atoms with Gasteiger partial charge in [0.2, 0.25) is 0 Å². The summed E-state index contributed by atoms with van der Waals surface area (Å²) in [7, 11) is 0. The Hall–Kier alpha value is -1.69. The average molecular weight is 389 g/mol. The van der Waals surface area contributed by atoms with Crippen LogP contribution in [0, 0.1) is 0 Å². The molecular weight excluding hydrogens is 356 g/mol. The smallest absolute Gasteiger partial charge is 0.251 e. The van der Waals surface area contributed by atoms with E-state index in [4.69, 9.17) is 4.74 Å². The van der Waals surface area contributed by atoms with Gasteiger partial charge in [-0.3, -0.25) is 9.69 Å². The summed E-state index contributed by atoms with van der Waals surface area (Å²) in [5.41, 5.74) is 2.03. The van der Waals surface area contributed by atoms with Gasteiger partial charge in [0.25, 0.3) is 5.91 Å². The number of nitrogens with one attached hydrogen (secondary N) is 1. The lowest BCUT2D eigenvalue weighted by molar-refractivity contribution is 0.00969. The summed E-state index contributed by atoms with van der Waals surface area (Å²) < 4.78 is 5.51. The Bertz CT molecular complexity index is 735. The second kappa shape index (κ2) is 8.55. The van der Waals surface area contributed by atoms with E-state index in [9.17, 15) is 4.79 Å². The fourth-order valence-corrected chi connectivity index (χ4v) is 4.51. The molecule has 1 aliphatic rings. The first-order chi connectivity index (χ1) is 12.9. The fourth-order valence-electron chi connectivity index (χ4n) is 3.55. The first-order valence-corrected chi connectivity index (χ1v) is 10.5. The van der Waals surface area contributed by atoms with E-state index in [2.05, 4.69) is 67.6 Å². The van der Waals surface area contributed by atoms with Crippen LogP contribution in [-0.2, 0) is 10.2 Å². The summed E-state index contributed by atoms with van der Waals surface area (Å²) in [6.07, 6.45) is 0. The van der Waals surface area contributed by atoms with Gasteiger partial charge in [0.15, 0.2) is 0 Å². The number of benzene rings is 1. The molecule has 4 nitrogen and oxygen atoms in total. The highest BCUT2D eigenvalue weighted by molar-refractivity contribution is 7.10. The molecule has 1 aliphatic heterocycles. The minimum Gasteiger partial charge on any atom is -0.379 e. The number of nitrogens with zero attached hydrogens (tertiary/aromatic N) is 1. The van der Waals surface area contributed by atoms with E-state index in [1.807, 2.05) is 12.1 Å². The van der Waals surface area contributed by atoms with E-state index >= 15 is 0 Å². The van der Waals surface area contributed by atoms with Gasteiger partial charge >= 0.3 is 0 Å². The number of ether oxygens (including phenoxy) is 1. The minimum absolute atomic E-state index is 0. The van der Waals surface area contributed by atoms with Crippen molar-refractivity contribution < 1.29 is 11.0 Å². The standard InChI is InChI=1S/C22H30N2O2S.H2/c1-16(20(19-6-5-15-27-19)24-11-13-26-14-12-24)23-21(25)17-7-9-18(10-8-17)22(2,3)4;/h5-10,15-16,20H,11-14H2,1-4H3,(H,23,25);1H. The summed E-state index contributed by atoms with van der Waals surface area (Å²) in [6, 6.07) is 12.4. The summed E-state index contributed by atoms with van der Waals surface area (Å²) >= 11 is 1.75. The van der Waals surface area contributed by atoms with Crippen molar-refractivity contribution in [2.45, 2.75) is 45.2 Å². The minimum atomic E-state index is -0.0159. The first-order valence-electron chi connectivity index (χ1n) is 9.63. The molecule has 0 bridgehead atoms. The average Bonchev–Trinajstić information content (AvgIpc) is 3.16. The molecule has 1 aromatic heterocycles. The normalized spacial score (nSPS) is 18.1. The van der Waals surface area contributed by atoms with Crippen molar-refractivity contribution in [2.24, 2.45) is 0 Å². The molecule has 148 valence electrons. The van der Waals surface area contributed by atoms with Crippen LogP contribution < -0.4 is 5.32 Å². The highest BCUT2D eigenvalue weighted by atomic mass is 32.1. The zero-order valence-corrected chi connectivity index (χ0v) is 17.5. The van der Waals surface area contributed by atoms with Gasteiger partial charge in [-0.15, -0.1) is 11.3 Å². The van der Waals surface area contributed by atoms with Gasteiger partial charge in [0.05, 0.1) is 19.3 Å². The number of amides is 1. The van der Waals surface area contributed by atoms with E-state index in [-0.39, 0.29) is 24.8 Å². The van der Waals surface area contributed by atoms with Crippen LogP contribution in [0.1, 0.15) is 56.0 Å². The van der Waals surface area contributed by atoms with Crippen molar-refractivity contribution in [3.63, 3.8) is 0 Å². The quantitative estimate of drug-likeness (QED) is 0.821. The van der Waals surface area contributed by atoms with Crippen molar-refractivity contribution in [1.82, 2.24) is 10.2 Å². The zero-order chi connectivity index (χ0) is 19.4. The Kier molecular flexibility index (Phi) is 6.35. The predicted octanol–water partition coefficient (Wildman–Crippen LogP) is 4.48. The maximum absolute atomic E-state index is 12.8. The van der Waals surface area contributed by atoms with Gasteiger partial charge in [0, 0.05) is 31.0 Å². The van der Waals surface area contributed by atoms with Crippen LogP contribution in [-0.4, -0.2) is 43.2 Å². The lowest BCUT2D eigenvalue weighted by atomic mass is 9.86. The van der Waals surface area contributed by atoms with Crippen molar-refractivity contribution in [2.75, 3.05) is 26.3 Å². The molecule has 5 heteroatoms. The molecule has 3 rings (SSSR count). The number of thiophene rings is 1. The molecule has 1 amide bonds.